The number of carbonyl (C=O) groups is 1. The number of hydrogen-bond acceptors (Lipinski definition) is 2. The minimum atomic E-state index is 0.0631. The monoisotopic (exact) mass is 213 g/mol. The van der Waals surface area contributed by atoms with Crippen molar-refractivity contribution in [2.45, 2.75) is 45.7 Å². The molecule has 0 aromatic carbocycles. The number of nitrogens with zero attached hydrogens (tertiary/aromatic N) is 1. The molecule has 1 atom stereocenters. The number of rotatable bonds is 2. The Morgan fingerprint density at radius 3 is 2.27 bits per heavy atom. The van der Waals surface area contributed by atoms with E-state index in [-0.39, 0.29) is 18.1 Å². The van der Waals surface area contributed by atoms with Gasteiger partial charge in [-0.3, -0.25) is 0 Å². The van der Waals surface area contributed by atoms with Gasteiger partial charge in [-0.2, -0.15) is 0 Å². The number of carbonyl (C=O) groups excluding carboxylic acids is 1. The first-order chi connectivity index (χ1) is 7.00. The lowest BCUT2D eigenvalue weighted by Crippen LogP contribution is -2.48. The van der Waals surface area contributed by atoms with Gasteiger partial charge in [-0.05, 0) is 39.5 Å². The van der Waals surface area contributed by atoms with Crippen molar-refractivity contribution in [2.75, 3.05) is 13.1 Å². The molecule has 1 heterocycles. The molecule has 0 aromatic heterocycles. The zero-order valence-electron chi connectivity index (χ0n) is 9.99. The fourth-order valence-electron chi connectivity index (χ4n) is 1.97. The van der Waals surface area contributed by atoms with Crippen molar-refractivity contribution in [1.82, 2.24) is 10.2 Å². The lowest BCUT2D eigenvalue weighted by atomic mass is 9.91. The second-order valence-corrected chi connectivity index (χ2v) is 4.79. The zero-order valence-corrected chi connectivity index (χ0v) is 9.99. The van der Waals surface area contributed by atoms with Crippen LogP contribution in [0.5, 0.6) is 0 Å². The first-order valence-corrected chi connectivity index (χ1v) is 5.81. The van der Waals surface area contributed by atoms with Crippen molar-refractivity contribution < 1.29 is 4.79 Å². The molecule has 1 aliphatic rings. The van der Waals surface area contributed by atoms with Crippen LogP contribution in [-0.4, -0.2) is 36.1 Å². The van der Waals surface area contributed by atoms with Crippen LogP contribution in [0.15, 0.2) is 0 Å². The molecular formula is C11H23N3O. The van der Waals surface area contributed by atoms with Crippen LogP contribution in [0.1, 0.15) is 33.6 Å². The summed E-state index contributed by atoms with van der Waals surface area (Å²) in [6.45, 7) is 7.68. The Balaban J connectivity index is 2.34. The van der Waals surface area contributed by atoms with E-state index in [1.807, 2.05) is 18.7 Å². The smallest absolute Gasteiger partial charge is 0.317 e. The van der Waals surface area contributed by atoms with Gasteiger partial charge >= 0.3 is 6.03 Å². The molecule has 4 nitrogen and oxygen atoms in total. The van der Waals surface area contributed by atoms with Gasteiger partial charge in [-0.1, -0.05) is 0 Å². The first-order valence-electron chi connectivity index (χ1n) is 5.81. The standard InChI is InChI=1S/C11H23N3O/c1-8(2)13-11(15)14-6-4-10(5-7-14)9(3)12/h8-10H,4-7,12H2,1-3H3,(H,13,15). The largest absolute Gasteiger partial charge is 0.336 e. The summed E-state index contributed by atoms with van der Waals surface area (Å²) in [5.41, 5.74) is 5.85. The van der Waals surface area contributed by atoms with E-state index >= 15 is 0 Å². The van der Waals surface area contributed by atoms with Gasteiger partial charge in [0.25, 0.3) is 0 Å². The summed E-state index contributed by atoms with van der Waals surface area (Å²) in [4.78, 5) is 13.6. The normalized spacial score (nSPS) is 20.5. The molecule has 0 radical (unpaired) electrons. The van der Waals surface area contributed by atoms with E-state index in [1.165, 1.54) is 0 Å². The highest BCUT2D eigenvalue weighted by Crippen LogP contribution is 2.19. The highest BCUT2D eigenvalue weighted by atomic mass is 16.2. The SMILES string of the molecule is CC(C)NC(=O)N1CCC(C(C)N)CC1. The third kappa shape index (κ3) is 3.70. The molecule has 0 aromatic rings. The molecule has 0 aliphatic carbocycles. The van der Waals surface area contributed by atoms with E-state index in [0.29, 0.717) is 5.92 Å². The molecule has 2 amide bonds. The third-order valence-corrected chi connectivity index (χ3v) is 2.98. The van der Waals surface area contributed by atoms with Crippen molar-refractivity contribution >= 4 is 6.03 Å². The summed E-state index contributed by atoms with van der Waals surface area (Å²) in [6.07, 6.45) is 2.06. The number of piperidine rings is 1. The predicted octanol–water partition coefficient (Wildman–Crippen LogP) is 1.16. The van der Waals surface area contributed by atoms with E-state index in [4.69, 9.17) is 5.73 Å². The van der Waals surface area contributed by atoms with Crippen LogP contribution in [0.25, 0.3) is 0 Å². The van der Waals surface area contributed by atoms with Crippen LogP contribution in [0.3, 0.4) is 0 Å². The Morgan fingerprint density at radius 2 is 1.87 bits per heavy atom. The molecule has 0 bridgehead atoms. The van der Waals surface area contributed by atoms with Gasteiger partial charge in [-0.25, -0.2) is 4.79 Å². The van der Waals surface area contributed by atoms with Gasteiger partial charge in [0.15, 0.2) is 0 Å². The van der Waals surface area contributed by atoms with E-state index in [2.05, 4.69) is 12.2 Å². The number of nitrogens with one attached hydrogen (secondary N) is 1. The van der Waals surface area contributed by atoms with Crippen LogP contribution in [0, 0.1) is 5.92 Å². The predicted molar refractivity (Wildman–Crippen MR) is 61.6 cm³/mol. The Morgan fingerprint density at radius 1 is 1.33 bits per heavy atom. The first kappa shape index (κ1) is 12.3. The summed E-state index contributed by atoms with van der Waals surface area (Å²) in [6, 6.07) is 0.525. The van der Waals surface area contributed by atoms with Gasteiger partial charge in [-0.15, -0.1) is 0 Å². The van der Waals surface area contributed by atoms with Crippen molar-refractivity contribution in [3.05, 3.63) is 0 Å². The number of hydrogen-bond donors (Lipinski definition) is 2. The fraction of sp³-hybridized carbons (Fsp3) is 0.909. The lowest BCUT2D eigenvalue weighted by Gasteiger charge is -2.34. The van der Waals surface area contributed by atoms with Crippen LogP contribution < -0.4 is 11.1 Å². The molecule has 3 N–H and O–H groups in total. The minimum Gasteiger partial charge on any atom is -0.336 e. The second-order valence-electron chi connectivity index (χ2n) is 4.79. The lowest BCUT2D eigenvalue weighted by molar-refractivity contribution is 0.162. The third-order valence-electron chi connectivity index (χ3n) is 2.98. The maximum Gasteiger partial charge on any atom is 0.317 e. The quantitative estimate of drug-likeness (QED) is 0.723. The number of amides is 2. The molecule has 0 saturated carbocycles. The Bertz CT molecular complexity index is 208. The van der Waals surface area contributed by atoms with Gasteiger partial charge in [0, 0.05) is 25.2 Å². The highest BCUT2D eigenvalue weighted by Gasteiger charge is 2.24. The highest BCUT2D eigenvalue weighted by molar-refractivity contribution is 5.74. The van der Waals surface area contributed by atoms with Gasteiger partial charge in [0.2, 0.25) is 0 Å². The molecule has 0 spiro atoms. The van der Waals surface area contributed by atoms with Gasteiger partial charge in [0.05, 0.1) is 0 Å². The van der Waals surface area contributed by atoms with Crippen molar-refractivity contribution in [3.8, 4) is 0 Å². The van der Waals surface area contributed by atoms with Crippen LogP contribution >= 0.6 is 0 Å². The topological polar surface area (TPSA) is 58.4 Å². The zero-order chi connectivity index (χ0) is 11.4. The maximum absolute atomic E-state index is 11.7. The van der Waals surface area contributed by atoms with Crippen LogP contribution in [-0.2, 0) is 0 Å². The molecule has 1 fully saturated rings. The summed E-state index contributed by atoms with van der Waals surface area (Å²) < 4.78 is 0. The van der Waals surface area contributed by atoms with Crippen LogP contribution in [0.2, 0.25) is 0 Å². The summed E-state index contributed by atoms with van der Waals surface area (Å²) in [5, 5.41) is 2.91. The van der Waals surface area contributed by atoms with E-state index in [0.717, 1.165) is 25.9 Å². The summed E-state index contributed by atoms with van der Waals surface area (Å²) in [7, 11) is 0. The Kier molecular flexibility index (Phi) is 4.39. The molecule has 15 heavy (non-hydrogen) atoms. The van der Waals surface area contributed by atoms with Gasteiger partial charge < -0.3 is 16.0 Å². The number of urea groups is 1. The van der Waals surface area contributed by atoms with E-state index < -0.39 is 0 Å². The molecule has 88 valence electrons. The van der Waals surface area contributed by atoms with Crippen molar-refractivity contribution in [1.29, 1.82) is 0 Å². The molecule has 1 aliphatic heterocycles. The maximum atomic E-state index is 11.7. The summed E-state index contributed by atoms with van der Waals surface area (Å²) >= 11 is 0. The van der Waals surface area contributed by atoms with Crippen molar-refractivity contribution in [2.24, 2.45) is 11.7 Å². The molecule has 1 unspecified atom stereocenters. The van der Waals surface area contributed by atoms with Gasteiger partial charge in [0.1, 0.15) is 0 Å². The Labute approximate surface area is 92.2 Å². The molecule has 4 heteroatoms. The number of nitrogens with two attached hydrogens (primary N) is 1. The molecular weight excluding hydrogens is 190 g/mol. The van der Waals surface area contributed by atoms with Crippen molar-refractivity contribution in [3.63, 3.8) is 0 Å². The summed E-state index contributed by atoms with van der Waals surface area (Å²) in [5.74, 6) is 0.577. The average molecular weight is 213 g/mol. The fourth-order valence-corrected chi connectivity index (χ4v) is 1.97. The van der Waals surface area contributed by atoms with E-state index in [1.54, 1.807) is 0 Å². The Hall–Kier alpha value is -0.770. The molecule has 1 rings (SSSR count). The second kappa shape index (κ2) is 5.35. The number of likely N-dealkylation sites (tertiary alicyclic amines) is 1. The van der Waals surface area contributed by atoms with E-state index in [9.17, 15) is 4.79 Å². The molecule has 1 saturated heterocycles. The minimum absolute atomic E-state index is 0.0631. The average Bonchev–Trinajstić information content (AvgIpc) is 2.17. The van der Waals surface area contributed by atoms with Crippen LogP contribution in [0.4, 0.5) is 4.79 Å².